The van der Waals surface area contributed by atoms with Gasteiger partial charge in [-0.2, -0.15) is 0 Å². The molecule has 2 heterocycles. The fourth-order valence-electron chi connectivity index (χ4n) is 3.11. The summed E-state index contributed by atoms with van der Waals surface area (Å²) in [5, 5.41) is 11.9. The van der Waals surface area contributed by atoms with Crippen LogP contribution in [-0.4, -0.2) is 51.8 Å². The number of piperidine rings is 1. The molecular formula is C17H22N4O4. The van der Waals surface area contributed by atoms with Crippen LogP contribution in [0.1, 0.15) is 18.7 Å². The van der Waals surface area contributed by atoms with Crippen LogP contribution in [0.5, 0.6) is 5.75 Å². The molecule has 0 unspecified atom stereocenters. The van der Waals surface area contributed by atoms with Crippen molar-refractivity contribution in [2.75, 3.05) is 20.2 Å². The Labute approximate surface area is 145 Å². The third kappa shape index (κ3) is 3.52. The fourth-order valence-corrected chi connectivity index (χ4v) is 3.11. The van der Waals surface area contributed by atoms with Gasteiger partial charge in [0.15, 0.2) is 0 Å². The molecule has 25 heavy (non-hydrogen) atoms. The summed E-state index contributed by atoms with van der Waals surface area (Å²) in [6, 6.07) is 5.48. The fraction of sp³-hybridized carbons (Fsp3) is 0.471. The lowest BCUT2D eigenvalue weighted by Crippen LogP contribution is -2.45. The number of imidazole rings is 1. The number of rotatable bonds is 4. The SMILES string of the molecule is COc1ccc2c(c1)nc(CNC(=O)N1CCC(C(=O)O)CC1)n2C. The Bertz CT molecular complexity index is 793. The molecule has 8 nitrogen and oxygen atoms in total. The number of carbonyl (C=O) groups excluding carboxylic acids is 1. The number of hydrogen-bond acceptors (Lipinski definition) is 4. The molecule has 0 aliphatic carbocycles. The largest absolute Gasteiger partial charge is 0.497 e. The van der Waals surface area contributed by atoms with Crippen molar-refractivity contribution in [1.29, 1.82) is 0 Å². The number of methoxy groups -OCH3 is 1. The van der Waals surface area contributed by atoms with Crippen LogP contribution < -0.4 is 10.1 Å². The molecule has 2 amide bonds. The standard InChI is InChI=1S/C17H22N4O4/c1-20-14-4-3-12(25-2)9-13(14)19-15(20)10-18-17(24)21-7-5-11(6-8-21)16(22)23/h3-4,9,11H,5-8,10H2,1-2H3,(H,18,24)(H,22,23). The Kier molecular flexibility index (Phi) is 4.78. The third-order valence-electron chi connectivity index (χ3n) is 4.71. The van der Waals surface area contributed by atoms with Gasteiger partial charge < -0.3 is 24.6 Å². The molecule has 1 aromatic heterocycles. The molecule has 1 aliphatic rings. The molecule has 0 spiro atoms. The average Bonchev–Trinajstić information content (AvgIpc) is 2.94. The van der Waals surface area contributed by atoms with Gasteiger partial charge in [-0.05, 0) is 25.0 Å². The van der Waals surface area contributed by atoms with E-state index in [1.54, 1.807) is 12.0 Å². The van der Waals surface area contributed by atoms with Crippen molar-refractivity contribution in [2.45, 2.75) is 19.4 Å². The van der Waals surface area contributed by atoms with E-state index in [9.17, 15) is 9.59 Å². The van der Waals surface area contributed by atoms with Crippen molar-refractivity contribution in [3.63, 3.8) is 0 Å². The molecule has 1 fully saturated rings. The quantitative estimate of drug-likeness (QED) is 0.876. The van der Waals surface area contributed by atoms with E-state index in [4.69, 9.17) is 9.84 Å². The van der Waals surface area contributed by atoms with Crippen LogP contribution in [0, 0.1) is 5.92 Å². The smallest absolute Gasteiger partial charge is 0.317 e. The number of ether oxygens (including phenoxy) is 1. The van der Waals surface area contributed by atoms with Crippen LogP contribution in [0.2, 0.25) is 0 Å². The van der Waals surface area contributed by atoms with Gasteiger partial charge in [-0.15, -0.1) is 0 Å². The number of nitrogens with zero attached hydrogens (tertiary/aromatic N) is 3. The highest BCUT2D eigenvalue weighted by Crippen LogP contribution is 2.21. The first-order valence-corrected chi connectivity index (χ1v) is 8.24. The average molecular weight is 346 g/mol. The Morgan fingerprint density at radius 2 is 2.08 bits per heavy atom. The normalized spacial score (nSPS) is 15.4. The number of amides is 2. The van der Waals surface area contributed by atoms with E-state index in [0.717, 1.165) is 22.6 Å². The van der Waals surface area contributed by atoms with Gasteiger partial charge in [0.1, 0.15) is 11.6 Å². The molecule has 1 aliphatic heterocycles. The van der Waals surface area contributed by atoms with Crippen LogP contribution in [0.15, 0.2) is 18.2 Å². The summed E-state index contributed by atoms with van der Waals surface area (Å²) in [6.07, 6.45) is 0.990. The van der Waals surface area contributed by atoms with Gasteiger partial charge in [-0.1, -0.05) is 0 Å². The Morgan fingerprint density at radius 1 is 1.36 bits per heavy atom. The second-order valence-electron chi connectivity index (χ2n) is 6.20. The van der Waals surface area contributed by atoms with Crippen molar-refractivity contribution in [2.24, 2.45) is 13.0 Å². The zero-order valence-corrected chi connectivity index (χ0v) is 14.4. The molecule has 1 saturated heterocycles. The van der Waals surface area contributed by atoms with E-state index in [1.165, 1.54) is 0 Å². The van der Waals surface area contributed by atoms with E-state index < -0.39 is 5.97 Å². The van der Waals surface area contributed by atoms with Gasteiger partial charge in [0, 0.05) is 26.2 Å². The maximum Gasteiger partial charge on any atom is 0.317 e. The van der Waals surface area contributed by atoms with E-state index in [2.05, 4.69) is 10.3 Å². The number of nitrogens with one attached hydrogen (secondary N) is 1. The molecule has 1 aromatic carbocycles. The summed E-state index contributed by atoms with van der Waals surface area (Å²) in [5.74, 6) is 0.355. The predicted octanol–water partition coefficient (Wildman–Crippen LogP) is 1.59. The van der Waals surface area contributed by atoms with Crippen LogP contribution in [-0.2, 0) is 18.4 Å². The summed E-state index contributed by atoms with van der Waals surface area (Å²) < 4.78 is 7.14. The lowest BCUT2D eigenvalue weighted by molar-refractivity contribution is -0.143. The first-order valence-electron chi connectivity index (χ1n) is 8.24. The first-order chi connectivity index (χ1) is 12.0. The maximum absolute atomic E-state index is 12.3. The molecule has 0 radical (unpaired) electrons. The first kappa shape index (κ1) is 17.1. The number of aryl methyl sites for hydroxylation is 1. The number of urea groups is 1. The summed E-state index contributed by atoms with van der Waals surface area (Å²) in [5.41, 5.74) is 1.78. The lowest BCUT2D eigenvalue weighted by atomic mass is 9.97. The zero-order valence-electron chi connectivity index (χ0n) is 14.4. The van der Waals surface area contributed by atoms with Gasteiger partial charge in [-0.3, -0.25) is 4.79 Å². The molecule has 3 rings (SSSR count). The summed E-state index contributed by atoms with van der Waals surface area (Å²) in [7, 11) is 3.51. The molecule has 8 heteroatoms. The highest BCUT2D eigenvalue weighted by atomic mass is 16.5. The summed E-state index contributed by atoms with van der Waals surface area (Å²) in [6.45, 7) is 1.23. The maximum atomic E-state index is 12.3. The number of aliphatic carboxylic acids is 1. The van der Waals surface area contributed by atoms with Gasteiger partial charge in [-0.25, -0.2) is 9.78 Å². The number of likely N-dealkylation sites (tertiary alicyclic amines) is 1. The van der Waals surface area contributed by atoms with E-state index in [-0.39, 0.29) is 11.9 Å². The Balaban J connectivity index is 1.62. The second kappa shape index (κ2) is 7.00. The van der Waals surface area contributed by atoms with Gasteiger partial charge >= 0.3 is 12.0 Å². The number of benzene rings is 1. The zero-order chi connectivity index (χ0) is 18.0. The number of carboxylic acids is 1. The number of carboxylic acid groups (broad SMARTS) is 1. The van der Waals surface area contributed by atoms with Crippen molar-refractivity contribution < 1.29 is 19.4 Å². The predicted molar refractivity (Wildman–Crippen MR) is 91.4 cm³/mol. The molecule has 2 aromatic rings. The van der Waals surface area contributed by atoms with Crippen LogP contribution in [0.3, 0.4) is 0 Å². The topological polar surface area (TPSA) is 96.7 Å². The number of fused-ring (bicyclic) bond motifs is 1. The molecule has 0 saturated carbocycles. The second-order valence-corrected chi connectivity index (χ2v) is 6.20. The van der Waals surface area contributed by atoms with Gasteiger partial charge in [0.05, 0.1) is 30.6 Å². The highest BCUT2D eigenvalue weighted by molar-refractivity contribution is 5.78. The molecule has 2 N–H and O–H groups in total. The van der Waals surface area contributed by atoms with Gasteiger partial charge in [0.25, 0.3) is 0 Å². The highest BCUT2D eigenvalue weighted by Gasteiger charge is 2.27. The monoisotopic (exact) mass is 346 g/mol. The summed E-state index contributed by atoms with van der Waals surface area (Å²) >= 11 is 0. The minimum atomic E-state index is -0.782. The van der Waals surface area contributed by atoms with E-state index >= 15 is 0 Å². The minimum Gasteiger partial charge on any atom is -0.497 e. The van der Waals surface area contributed by atoms with Gasteiger partial charge in [0.2, 0.25) is 0 Å². The molecule has 0 atom stereocenters. The van der Waals surface area contributed by atoms with Crippen LogP contribution in [0.25, 0.3) is 11.0 Å². The van der Waals surface area contributed by atoms with E-state index in [0.29, 0.717) is 32.5 Å². The third-order valence-corrected chi connectivity index (χ3v) is 4.71. The minimum absolute atomic E-state index is 0.187. The van der Waals surface area contributed by atoms with Crippen molar-refractivity contribution >= 4 is 23.0 Å². The van der Waals surface area contributed by atoms with Crippen LogP contribution >= 0.6 is 0 Å². The Morgan fingerprint density at radius 3 is 2.72 bits per heavy atom. The summed E-state index contributed by atoms with van der Waals surface area (Å²) in [4.78, 5) is 29.5. The molecule has 134 valence electrons. The van der Waals surface area contributed by atoms with Crippen molar-refractivity contribution in [3.8, 4) is 5.75 Å². The number of carbonyl (C=O) groups is 2. The van der Waals surface area contributed by atoms with E-state index in [1.807, 2.05) is 29.8 Å². The Hall–Kier alpha value is -2.77. The van der Waals surface area contributed by atoms with Crippen molar-refractivity contribution in [3.05, 3.63) is 24.0 Å². The van der Waals surface area contributed by atoms with Crippen LogP contribution in [0.4, 0.5) is 4.79 Å². The number of aromatic nitrogens is 2. The lowest BCUT2D eigenvalue weighted by Gasteiger charge is -2.30. The molecule has 0 bridgehead atoms. The molecular weight excluding hydrogens is 324 g/mol. The van der Waals surface area contributed by atoms with Crippen molar-refractivity contribution in [1.82, 2.24) is 19.8 Å². The number of hydrogen-bond donors (Lipinski definition) is 2.